The fourth-order valence-electron chi connectivity index (χ4n) is 4.05. The number of fused-ring (bicyclic) bond motifs is 1. The van der Waals surface area contributed by atoms with E-state index in [1.807, 2.05) is 55.5 Å². The summed E-state index contributed by atoms with van der Waals surface area (Å²) in [6, 6.07) is 20.2. The van der Waals surface area contributed by atoms with Crippen molar-refractivity contribution in [1.29, 1.82) is 0 Å². The van der Waals surface area contributed by atoms with Gasteiger partial charge in [-0.2, -0.15) is 9.78 Å². The van der Waals surface area contributed by atoms with E-state index < -0.39 is 5.97 Å². The summed E-state index contributed by atoms with van der Waals surface area (Å²) in [7, 11) is 0. The molecular weight excluding hydrogens is 494 g/mol. The number of carbonyl (C=O) groups is 1. The van der Waals surface area contributed by atoms with Crippen LogP contribution in [-0.2, 0) is 16.0 Å². The lowest BCUT2D eigenvalue weighted by Crippen LogP contribution is -2.20. The second-order valence-electron chi connectivity index (χ2n) is 8.94. The first-order valence-electron chi connectivity index (χ1n) is 12.8. The maximum atomic E-state index is 13.5. The molecule has 8 nitrogen and oxygen atoms in total. The van der Waals surface area contributed by atoms with E-state index in [9.17, 15) is 9.59 Å². The van der Waals surface area contributed by atoms with Crippen LogP contribution in [0.1, 0.15) is 31.9 Å². The van der Waals surface area contributed by atoms with Crippen molar-refractivity contribution in [1.82, 2.24) is 9.66 Å². The molecule has 200 valence electrons. The number of allylic oxidation sites excluding steroid dienone is 1. The summed E-state index contributed by atoms with van der Waals surface area (Å²) in [6.07, 6.45) is 3.53. The maximum absolute atomic E-state index is 13.5. The number of para-hydroxylation sites is 1. The Morgan fingerprint density at radius 1 is 1.08 bits per heavy atom. The van der Waals surface area contributed by atoms with Gasteiger partial charge in [0, 0.05) is 11.1 Å². The van der Waals surface area contributed by atoms with Gasteiger partial charge in [0.1, 0.15) is 0 Å². The Balaban J connectivity index is 1.78. The van der Waals surface area contributed by atoms with Crippen molar-refractivity contribution >= 4 is 23.1 Å². The predicted molar refractivity (Wildman–Crippen MR) is 153 cm³/mol. The van der Waals surface area contributed by atoms with Crippen molar-refractivity contribution in [3.05, 3.63) is 101 Å². The number of hydrogen-bond acceptors (Lipinski definition) is 7. The summed E-state index contributed by atoms with van der Waals surface area (Å²) in [6.45, 7) is 9.38. The Hall–Kier alpha value is -4.72. The van der Waals surface area contributed by atoms with Crippen LogP contribution in [0.25, 0.3) is 22.3 Å². The number of rotatable bonds is 11. The number of benzene rings is 3. The van der Waals surface area contributed by atoms with E-state index in [0.29, 0.717) is 46.8 Å². The lowest BCUT2D eigenvalue weighted by atomic mass is 10.1. The predicted octanol–water partition coefficient (Wildman–Crippen LogP) is 5.40. The summed E-state index contributed by atoms with van der Waals surface area (Å²) in [5.74, 6) is 0.835. The van der Waals surface area contributed by atoms with Crippen LogP contribution in [-0.4, -0.2) is 41.2 Å². The van der Waals surface area contributed by atoms with Gasteiger partial charge in [-0.05, 0) is 57.0 Å². The number of aromatic nitrogens is 2. The van der Waals surface area contributed by atoms with Crippen LogP contribution in [0.3, 0.4) is 0 Å². The zero-order valence-electron chi connectivity index (χ0n) is 22.3. The topological polar surface area (TPSA) is 92.0 Å². The first-order chi connectivity index (χ1) is 18.9. The smallest absolute Gasteiger partial charge is 0.344 e. The molecule has 4 rings (SSSR count). The lowest BCUT2D eigenvalue weighted by molar-refractivity contribution is -0.149. The average molecular weight is 526 g/mol. The fourth-order valence-corrected chi connectivity index (χ4v) is 4.05. The molecule has 3 aromatic carbocycles. The molecule has 4 aromatic rings. The summed E-state index contributed by atoms with van der Waals surface area (Å²) in [5, 5.41) is 5.03. The summed E-state index contributed by atoms with van der Waals surface area (Å²) >= 11 is 0. The van der Waals surface area contributed by atoms with Crippen molar-refractivity contribution < 1.29 is 19.0 Å². The van der Waals surface area contributed by atoms with Crippen LogP contribution in [0.5, 0.6) is 11.5 Å². The molecule has 0 radical (unpaired) electrons. The van der Waals surface area contributed by atoms with Crippen molar-refractivity contribution in [3.63, 3.8) is 0 Å². The molecule has 0 aliphatic heterocycles. The highest BCUT2D eigenvalue weighted by molar-refractivity contribution is 5.83. The molecule has 0 spiro atoms. The minimum absolute atomic E-state index is 0.243. The summed E-state index contributed by atoms with van der Waals surface area (Å²) in [4.78, 5) is 30.3. The lowest BCUT2D eigenvalue weighted by Gasteiger charge is -2.17. The third-order valence-electron chi connectivity index (χ3n) is 5.63. The van der Waals surface area contributed by atoms with Gasteiger partial charge in [-0.3, -0.25) is 4.79 Å². The van der Waals surface area contributed by atoms with E-state index in [1.165, 1.54) is 4.68 Å². The van der Waals surface area contributed by atoms with E-state index in [1.54, 1.807) is 44.3 Å². The van der Waals surface area contributed by atoms with E-state index >= 15 is 0 Å². The molecular formula is C31H31N3O5. The molecule has 0 amide bonds. The Labute approximate surface area is 227 Å². The molecule has 0 unspecified atom stereocenters. The van der Waals surface area contributed by atoms with E-state index in [2.05, 4.69) is 11.7 Å². The van der Waals surface area contributed by atoms with Crippen LogP contribution in [0.15, 0.2) is 89.3 Å². The standard InChI is InChI=1S/C31H31N3O5/c1-5-12-24-17-22(18-27(37-6-2)29(24)38-20-28(35)39-21(3)4)19-32-34-30(23-13-8-7-9-14-23)33-26-16-11-10-15-25(26)31(34)36/h5,7-11,13-19,21H,1,6,12,20H2,2-4H3. The summed E-state index contributed by atoms with van der Waals surface area (Å²) in [5.41, 5.74) is 2.50. The number of hydrogen-bond donors (Lipinski definition) is 0. The Morgan fingerprint density at radius 2 is 1.82 bits per heavy atom. The third-order valence-corrected chi connectivity index (χ3v) is 5.63. The second-order valence-corrected chi connectivity index (χ2v) is 8.94. The zero-order valence-corrected chi connectivity index (χ0v) is 22.3. The first-order valence-corrected chi connectivity index (χ1v) is 12.8. The number of nitrogens with zero attached hydrogens (tertiary/aromatic N) is 3. The highest BCUT2D eigenvalue weighted by Gasteiger charge is 2.17. The van der Waals surface area contributed by atoms with Crippen molar-refractivity contribution in [2.75, 3.05) is 13.2 Å². The van der Waals surface area contributed by atoms with Gasteiger partial charge in [-0.1, -0.05) is 48.5 Å². The second kappa shape index (κ2) is 12.7. The van der Waals surface area contributed by atoms with Gasteiger partial charge < -0.3 is 14.2 Å². The van der Waals surface area contributed by atoms with Crippen molar-refractivity contribution in [2.24, 2.45) is 5.10 Å². The third kappa shape index (κ3) is 6.59. The van der Waals surface area contributed by atoms with Gasteiger partial charge in [0.05, 0.1) is 29.8 Å². The molecule has 0 aliphatic carbocycles. The fraction of sp³-hybridized carbons (Fsp3) is 0.226. The van der Waals surface area contributed by atoms with Gasteiger partial charge >= 0.3 is 5.97 Å². The van der Waals surface area contributed by atoms with Gasteiger partial charge in [0.25, 0.3) is 5.56 Å². The SMILES string of the molecule is C=CCc1cc(C=Nn2c(-c3ccccc3)nc3ccccc3c2=O)cc(OCC)c1OCC(=O)OC(C)C. The minimum atomic E-state index is -0.473. The monoisotopic (exact) mass is 525 g/mol. The average Bonchev–Trinajstić information content (AvgIpc) is 2.92. The van der Waals surface area contributed by atoms with Gasteiger partial charge in [-0.15, -0.1) is 6.58 Å². The number of ether oxygens (including phenoxy) is 3. The highest BCUT2D eigenvalue weighted by Crippen LogP contribution is 2.34. The quantitative estimate of drug-likeness (QED) is 0.148. The molecule has 8 heteroatoms. The van der Waals surface area contributed by atoms with Crippen LogP contribution in [0.4, 0.5) is 0 Å². The molecule has 0 saturated carbocycles. The molecule has 0 fully saturated rings. The van der Waals surface area contributed by atoms with Crippen LogP contribution in [0, 0.1) is 0 Å². The molecule has 39 heavy (non-hydrogen) atoms. The molecule has 0 aliphatic rings. The minimum Gasteiger partial charge on any atom is -0.490 e. The van der Waals surface area contributed by atoms with Gasteiger partial charge in [0.15, 0.2) is 23.9 Å². The highest BCUT2D eigenvalue weighted by atomic mass is 16.6. The number of esters is 1. The van der Waals surface area contributed by atoms with Crippen molar-refractivity contribution in [3.8, 4) is 22.9 Å². The van der Waals surface area contributed by atoms with Crippen molar-refractivity contribution in [2.45, 2.75) is 33.3 Å². The molecule has 1 aromatic heterocycles. The number of carbonyl (C=O) groups excluding carboxylic acids is 1. The Morgan fingerprint density at radius 3 is 2.54 bits per heavy atom. The van der Waals surface area contributed by atoms with E-state index in [-0.39, 0.29) is 18.3 Å². The summed E-state index contributed by atoms with van der Waals surface area (Å²) < 4.78 is 18.2. The largest absolute Gasteiger partial charge is 0.490 e. The van der Waals surface area contributed by atoms with E-state index in [0.717, 1.165) is 11.1 Å². The first kappa shape index (κ1) is 27.3. The zero-order chi connectivity index (χ0) is 27.8. The van der Waals surface area contributed by atoms with Crippen LogP contribution < -0.4 is 15.0 Å². The van der Waals surface area contributed by atoms with Crippen LogP contribution >= 0.6 is 0 Å². The van der Waals surface area contributed by atoms with E-state index in [4.69, 9.17) is 19.2 Å². The Bertz CT molecular complexity index is 1560. The molecule has 0 saturated heterocycles. The molecule has 0 N–H and O–H groups in total. The van der Waals surface area contributed by atoms with Gasteiger partial charge in [-0.25, -0.2) is 9.78 Å². The normalized spacial score (nSPS) is 11.2. The van der Waals surface area contributed by atoms with Crippen LogP contribution in [0.2, 0.25) is 0 Å². The maximum Gasteiger partial charge on any atom is 0.344 e. The van der Waals surface area contributed by atoms with Gasteiger partial charge in [0.2, 0.25) is 0 Å². The molecule has 0 atom stereocenters. The molecule has 1 heterocycles. The Kier molecular flexibility index (Phi) is 8.89. The molecule has 0 bridgehead atoms.